The number of ether oxygens (including phenoxy) is 3. The fourth-order valence-corrected chi connectivity index (χ4v) is 3.33. The third kappa shape index (κ3) is 4.59. The fourth-order valence-electron chi connectivity index (χ4n) is 3.33. The van der Waals surface area contributed by atoms with Crippen LogP contribution in [0.1, 0.15) is 35.5 Å². The van der Waals surface area contributed by atoms with Crippen LogP contribution in [0.25, 0.3) is 10.9 Å². The largest absolute Gasteiger partial charge is 0.482 e. The summed E-state index contributed by atoms with van der Waals surface area (Å²) in [6, 6.07) is 15.5. The van der Waals surface area contributed by atoms with Gasteiger partial charge in [0.2, 0.25) is 0 Å². The molecule has 3 aromatic rings. The second kappa shape index (κ2) is 9.28. The van der Waals surface area contributed by atoms with E-state index in [4.69, 9.17) is 14.2 Å². The summed E-state index contributed by atoms with van der Waals surface area (Å²) in [5.74, 6) is -0.312. The van der Waals surface area contributed by atoms with Crippen LogP contribution in [0, 0.1) is 6.92 Å². The number of hydrogen-bond acceptors (Lipinski definition) is 5. The molecule has 3 rings (SSSR count). The van der Waals surface area contributed by atoms with E-state index in [1.54, 1.807) is 26.0 Å². The lowest BCUT2D eigenvalue weighted by molar-refractivity contribution is -0.145. The van der Waals surface area contributed by atoms with E-state index in [1.807, 2.05) is 43.3 Å². The number of rotatable bonds is 8. The molecule has 0 spiro atoms. The van der Waals surface area contributed by atoms with Crippen molar-refractivity contribution in [1.29, 1.82) is 0 Å². The van der Waals surface area contributed by atoms with Gasteiger partial charge in [-0.05, 0) is 44.5 Å². The number of nitrogens with zero attached hydrogens (tertiary/aromatic N) is 1. The zero-order valence-corrected chi connectivity index (χ0v) is 16.9. The summed E-state index contributed by atoms with van der Waals surface area (Å²) in [4.78, 5) is 24.2. The number of benzene rings is 2. The summed E-state index contributed by atoms with van der Waals surface area (Å²) in [7, 11) is 0. The van der Waals surface area contributed by atoms with Gasteiger partial charge in [-0.15, -0.1) is 0 Å². The molecule has 0 unspecified atom stereocenters. The summed E-state index contributed by atoms with van der Waals surface area (Å²) in [5, 5.41) is 0.734. The first kappa shape index (κ1) is 20.5. The van der Waals surface area contributed by atoms with Crippen molar-refractivity contribution in [2.24, 2.45) is 0 Å². The van der Waals surface area contributed by atoms with Crippen LogP contribution < -0.4 is 4.74 Å². The molecule has 0 radical (unpaired) electrons. The number of carbonyl (C=O) groups is 2. The smallest absolute Gasteiger partial charge is 0.344 e. The summed E-state index contributed by atoms with van der Waals surface area (Å²) in [5.41, 5.74) is 3.37. The maximum absolute atomic E-state index is 12.7. The van der Waals surface area contributed by atoms with Gasteiger partial charge in [-0.3, -0.25) is 0 Å². The SMILES string of the molecule is CCOC(=O)COc1ccc2c(c1)c(C(=O)OCC)c(C)n2Cc1ccccc1. The lowest BCUT2D eigenvalue weighted by Gasteiger charge is -2.09. The fraction of sp³-hybridized carbons (Fsp3) is 0.304. The van der Waals surface area contributed by atoms with Gasteiger partial charge in [-0.2, -0.15) is 0 Å². The zero-order valence-electron chi connectivity index (χ0n) is 16.9. The Balaban J connectivity index is 2.01. The van der Waals surface area contributed by atoms with Gasteiger partial charge in [-0.25, -0.2) is 9.59 Å². The Morgan fingerprint density at radius 1 is 0.966 bits per heavy atom. The van der Waals surface area contributed by atoms with E-state index in [2.05, 4.69) is 4.57 Å². The molecule has 0 saturated carbocycles. The molecular formula is C23H25NO5. The molecule has 152 valence electrons. The molecule has 0 atom stereocenters. The Kier molecular flexibility index (Phi) is 6.54. The van der Waals surface area contributed by atoms with E-state index in [-0.39, 0.29) is 12.6 Å². The van der Waals surface area contributed by atoms with Crippen LogP contribution in [0.5, 0.6) is 5.75 Å². The van der Waals surface area contributed by atoms with Gasteiger partial charge in [0.15, 0.2) is 6.61 Å². The molecule has 0 fully saturated rings. The van der Waals surface area contributed by atoms with Gasteiger partial charge in [0.25, 0.3) is 0 Å². The minimum absolute atomic E-state index is 0.183. The Morgan fingerprint density at radius 3 is 2.38 bits per heavy atom. The van der Waals surface area contributed by atoms with Crippen molar-refractivity contribution in [2.45, 2.75) is 27.3 Å². The van der Waals surface area contributed by atoms with Crippen molar-refractivity contribution < 1.29 is 23.8 Å². The van der Waals surface area contributed by atoms with Crippen LogP contribution in [0.3, 0.4) is 0 Å². The van der Waals surface area contributed by atoms with E-state index in [0.717, 1.165) is 22.2 Å². The molecule has 29 heavy (non-hydrogen) atoms. The highest BCUT2D eigenvalue weighted by Gasteiger charge is 2.22. The van der Waals surface area contributed by atoms with Gasteiger partial charge >= 0.3 is 11.9 Å². The van der Waals surface area contributed by atoms with E-state index in [0.29, 0.717) is 31.1 Å². The van der Waals surface area contributed by atoms with E-state index >= 15 is 0 Å². The van der Waals surface area contributed by atoms with Crippen LogP contribution in [-0.4, -0.2) is 36.3 Å². The molecule has 0 aliphatic carbocycles. The van der Waals surface area contributed by atoms with Crippen LogP contribution in [0.2, 0.25) is 0 Å². The molecule has 6 nitrogen and oxygen atoms in total. The minimum Gasteiger partial charge on any atom is -0.482 e. The molecule has 0 aliphatic rings. The van der Waals surface area contributed by atoms with Crippen molar-refractivity contribution in [3.63, 3.8) is 0 Å². The molecule has 2 aromatic carbocycles. The first-order valence-corrected chi connectivity index (χ1v) is 9.67. The standard InChI is InChI=1S/C23H25NO5/c1-4-27-21(25)15-29-18-11-12-20-19(13-18)22(23(26)28-5-2)16(3)24(20)14-17-9-7-6-8-10-17/h6-13H,4-5,14-15H2,1-3H3. The van der Waals surface area contributed by atoms with Crippen molar-refractivity contribution in [1.82, 2.24) is 4.57 Å². The summed E-state index contributed by atoms with van der Waals surface area (Å²) < 4.78 is 17.8. The molecule has 1 heterocycles. The molecule has 6 heteroatoms. The molecule has 0 N–H and O–H groups in total. The maximum atomic E-state index is 12.7. The topological polar surface area (TPSA) is 66.8 Å². The number of fused-ring (bicyclic) bond motifs is 1. The average Bonchev–Trinajstić information content (AvgIpc) is 2.98. The Bertz CT molecular complexity index is 1010. The van der Waals surface area contributed by atoms with E-state index in [9.17, 15) is 9.59 Å². The third-order valence-electron chi connectivity index (χ3n) is 4.62. The molecule has 0 aliphatic heterocycles. The molecular weight excluding hydrogens is 370 g/mol. The Labute approximate surface area is 170 Å². The highest BCUT2D eigenvalue weighted by molar-refractivity contribution is 6.06. The van der Waals surface area contributed by atoms with Gasteiger partial charge in [-0.1, -0.05) is 30.3 Å². The Morgan fingerprint density at radius 2 is 1.69 bits per heavy atom. The Hall–Kier alpha value is -3.28. The van der Waals surface area contributed by atoms with Crippen molar-refractivity contribution in [2.75, 3.05) is 19.8 Å². The molecule has 0 saturated heterocycles. The van der Waals surface area contributed by atoms with Crippen LogP contribution in [0.4, 0.5) is 0 Å². The molecule has 1 aromatic heterocycles. The van der Waals surface area contributed by atoms with Crippen molar-refractivity contribution in [3.8, 4) is 5.75 Å². The molecule has 0 amide bonds. The van der Waals surface area contributed by atoms with Crippen LogP contribution in [-0.2, 0) is 20.8 Å². The number of carbonyl (C=O) groups excluding carboxylic acids is 2. The van der Waals surface area contributed by atoms with Gasteiger partial charge < -0.3 is 18.8 Å². The predicted molar refractivity (Wildman–Crippen MR) is 110 cm³/mol. The van der Waals surface area contributed by atoms with Crippen LogP contribution >= 0.6 is 0 Å². The summed E-state index contributed by atoms with van der Waals surface area (Å²) >= 11 is 0. The second-order valence-corrected chi connectivity index (χ2v) is 6.53. The number of aromatic nitrogens is 1. The van der Waals surface area contributed by atoms with E-state index < -0.39 is 5.97 Å². The second-order valence-electron chi connectivity index (χ2n) is 6.53. The lowest BCUT2D eigenvalue weighted by atomic mass is 10.1. The molecule has 0 bridgehead atoms. The van der Waals surface area contributed by atoms with Crippen molar-refractivity contribution in [3.05, 3.63) is 65.4 Å². The summed E-state index contributed by atoms with van der Waals surface area (Å²) in [6.07, 6.45) is 0. The van der Waals surface area contributed by atoms with Gasteiger partial charge in [0.1, 0.15) is 5.75 Å². The number of hydrogen-bond donors (Lipinski definition) is 0. The van der Waals surface area contributed by atoms with Crippen LogP contribution in [0.15, 0.2) is 48.5 Å². The van der Waals surface area contributed by atoms with Crippen molar-refractivity contribution >= 4 is 22.8 Å². The monoisotopic (exact) mass is 395 g/mol. The van der Waals surface area contributed by atoms with E-state index in [1.165, 1.54) is 0 Å². The highest BCUT2D eigenvalue weighted by Crippen LogP contribution is 2.31. The summed E-state index contributed by atoms with van der Waals surface area (Å²) in [6.45, 7) is 6.48. The average molecular weight is 395 g/mol. The van der Waals surface area contributed by atoms with Gasteiger partial charge in [0.05, 0.1) is 18.8 Å². The first-order chi connectivity index (χ1) is 14.0. The first-order valence-electron chi connectivity index (χ1n) is 9.67. The highest BCUT2D eigenvalue weighted by atomic mass is 16.6. The lowest BCUT2D eigenvalue weighted by Crippen LogP contribution is -2.14. The quantitative estimate of drug-likeness (QED) is 0.537. The number of esters is 2. The third-order valence-corrected chi connectivity index (χ3v) is 4.62. The van der Waals surface area contributed by atoms with Gasteiger partial charge in [0, 0.05) is 23.1 Å². The normalized spacial score (nSPS) is 10.7. The minimum atomic E-state index is -0.434. The maximum Gasteiger partial charge on any atom is 0.344 e. The zero-order chi connectivity index (χ0) is 20.8. The predicted octanol–water partition coefficient (Wildman–Crippen LogP) is 4.12.